The van der Waals surface area contributed by atoms with Crippen molar-refractivity contribution < 1.29 is 14.1 Å². The van der Waals surface area contributed by atoms with Crippen molar-refractivity contribution in [1.82, 2.24) is 4.90 Å². The van der Waals surface area contributed by atoms with Gasteiger partial charge >= 0.3 is 0 Å². The van der Waals surface area contributed by atoms with E-state index in [-0.39, 0.29) is 11.8 Å². The lowest BCUT2D eigenvalue weighted by Gasteiger charge is -2.27. The maximum absolute atomic E-state index is 12.7. The molecule has 0 fully saturated rings. The predicted octanol–water partition coefficient (Wildman–Crippen LogP) is 2.87. The second kappa shape index (κ2) is 7.29. The Morgan fingerprint density at radius 2 is 1.73 bits per heavy atom. The van der Waals surface area contributed by atoms with Crippen LogP contribution >= 0.6 is 12.6 Å². The molecule has 0 spiro atoms. The highest BCUT2D eigenvalue weighted by molar-refractivity contribution is 7.80. The van der Waals surface area contributed by atoms with Gasteiger partial charge in [-0.3, -0.25) is 14.5 Å². The topological polar surface area (TPSA) is 49.4 Å². The first-order chi connectivity index (χ1) is 12.3. The van der Waals surface area contributed by atoms with Crippen LogP contribution in [0.5, 0.6) is 0 Å². The Bertz CT molecular complexity index is 836. The normalized spacial score (nSPS) is 14.2. The van der Waals surface area contributed by atoms with Crippen LogP contribution in [-0.4, -0.2) is 67.7 Å². The molecular weight excluding hydrogens is 346 g/mol. The van der Waals surface area contributed by atoms with Gasteiger partial charge in [-0.15, -0.1) is 0 Å². The molecule has 0 radical (unpaired) electrons. The maximum Gasteiger partial charge on any atom is 0.261 e. The molecule has 0 saturated heterocycles. The predicted molar refractivity (Wildman–Crippen MR) is 109 cm³/mol. The fourth-order valence-electron chi connectivity index (χ4n) is 3.38. The number of thiol groups is 1. The first kappa shape index (κ1) is 18.7. The lowest BCUT2D eigenvalue weighted by Crippen LogP contribution is -2.41. The summed E-state index contributed by atoms with van der Waals surface area (Å²) < 4.78 is 0.926. The average Bonchev–Trinajstić information content (AvgIpc) is 2.59. The number of nitrogens with one attached hydrogen (secondary N) is 1. The molecule has 0 unspecified atom stereocenters. The lowest BCUT2D eigenvalue weighted by molar-refractivity contribution is -0.870. The van der Waals surface area contributed by atoms with E-state index in [0.717, 1.165) is 40.5 Å². The number of carbonyl (C=O) groups excluding carboxylic acids is 2. The van der Waals surface area contributed by atoms with Crippen molar-refractivity contribution in [3.8, 4) is 0 Å². The number of benzene rings is 2. The minimum Gasteiger partial charge on any atom is -0.384 e. The van der Waals surface area contributed by atoms with Crippen LogP contribution in [0.15, 0.2) is 30.3 Å². The SMILES string of the molecule is C[N+](C)(C)CCCNc1ccc2c3c(cccc13)C(=O)N(CCS)C2=O. The van der Waals surface area contributed by atoms with Crippen LogP contribution in [0.2, 0.25) is 0 Å². The van der Waals surface area contributed by atoms with Gasteiger partial charge in [-0.1, -0.05) is 12.1 Å². The molecule has 1 aliphatic rings. The number of amides is 2. The minimum atomic E-state index is -0.232. The van der Waals surface area contributed by atoms with Gasteiger partial charge in [0.15, 0.2) is 0 Å². The molecule has 0 saturated carbocycles. The number of imide groups is 1. The van der Waals surface area contributed by atoms with Crippen molar-refractivity contribution in [2.24, 2.45) is 0 Å². The van der Waals surface area contributed by atoms with E-state index < -0.39 is 0 Å². The zero-order chi connectivity index (χ0) is 18.9. The molecule has 2 aromatic rings. The van der Waals surface area contributed by atoms with Crippen LogP contribution in [0.3, 0.4) is 0 Å². The Hall–Kier alpha value is -2.05. The molecule has 1 N–H and O–H groups in total. The summed E-state index contributed by atoms with van der Waals surface area (Å²) in [6.45, 7) is 2.24. The highest BCUT2D eigenvalue weighted by Crippen LogP contribution is 2.34. The minimum absolute atomic E-state index is 0.232. The molecule has 1 aliphatic heterocycles. The molecule has 6 heteroatoms. The van der Waals surface area contributed by atoms with Crippen molar-refractivity contribution in [3.63, 3.8) is 0 Å². The van der Waals surface area contributed by atoms with Crippen LogP contribution in [0, 0.1) is 0 Å². The van der Waals surface area contributed by atoms with E-state index in [9.17, 15) is 9.59 Å². The Morgan fingerprint density at radius 3 is 2.38 bits per heavy atom. The number of anilines is 1. The summed E-state index contributed by atoms with van der Waals surface area (Å²) in [6, 6.07) is 9.42. The number of hydrogen-bond donors (Lipinski definition) is 2. The Morgan fingerprint density at radius 1 is 1.04 bits per heavy atom. The van der Waals surface area contributed by atoms with E-state index in [2.05, 4.69) is 39.1 Å². The van der Waals surface area contributed by atoms with E-state index in [4.69, 9.17) is 0 Å². The maximum atomic E-state index is 12.7. The molecule has 1 heterocycles. The molecule has 2 amide bonds. The molecule has 0 aliphatic carbocycles. The van der Waals surface area contributed by atoms with Gasteiger partial charge < -0.3 is 9.80 Å². The van der Waals surface area contributed by atoms with Gasteiger partial charge in [0.1, 0.15) is 0 Å². The zero-order valence-corrected chi connectivity index (χ0v) is 16.5. The third-order valence-corrected chi connectivity index (χ3v) is 4.84. The Labute approximate surface area is 160 Å². The summed E-state index contributed by atoms with van der Waals surface area (Å²) in [5, 5.41) is 5.16. The van der Waals surface area contributed by atoms with Crippen molar-refractivity contribution in [2.45, 2.75) is 6.42 Å². The van der Waals surface area contributed by atoms with Gasteiger partial charge in [-0.05, 0) is 18.2 Å². The Kier molecular flexibility index (Phi) is 5.25. The zero-order valence-electron chi connectivity index (χ0n) is 15.6. The summed E-state index contributed by atoms with van der Waals surface area (Å²) >= 11 is 4.17. The van der Waals surface area contributed by atoms with Crippen molar-refractivity contribution in [3.05, 3.63) is 41.5 Å². The van der Waals surface area contributed by atoms with Gasteiger partial charge in [-0.2, -0.15) is 12.6 Å². The fraction of sp³-hybridized carbons (Fsp3) is 0.400. The molecule has 2 aromatic carbocycles. The highest BCUT2D eigenvalue weighted by atomic mass is 32.1. The standard InChI is InChI=1S/C20H25N3O2S/c1-23(2,3)12-5-10-21-17-9-8-16-18-14(17)6-4-7-15(18)19(24)22(11-13-26)20(16)25/h4,6-9,21H,5,10-13H2,1-3H3/p+1. The molecule has 0 bridgehead atoms. The van der Waals surface area contributed by atoms with Crippen LogP contribution in [0.1, 0.15) is 27.1 Å². The number of rotatable bonds is 7. The molecule has 26 heavy (non-hydrogen) atoms. The first-order valence-electron chi connectivity index (χ1n) is 8.90. The number of nitrogens with zero attached hydrogens (tertiary/aromatic N) is 2. The fourth-order valence-corrected chi connectivity index (χ4v) is 3.58. The summed E-state index contributed by atoms with van der Waals surface area (Å²) in [5.74, 6) is -0.0111. The molecule has 5 nitrogen and oxygen atoms in total. The molecule has 3 rings (SSSR count). The summed E-state index contributed by atoms with van der Waals surface area (Å²) in [5.41, 5.74) is 2.15. The van der Waals surface area contributed by atoms with Crippen molar-refractivity contribution in [1.29, 1.82) is 0 Å². The van der Waals surface area contributed by atoms with Crippen LogP contribution in [0.4, 0.5) is 5.69 Å². The largest absolute Gasteiger partial charge is 0.384 e. The second-order valence-corrected chi connectivity index (χ2v) is 8.12. The van der Waals surface area contributed by atoms with Crippen molar-refractivity contribution in [2.75, 3.05) is 51.8 Å². The van der Waals surface area contributed by atoms with E-state index in [0.29, 0.717) is 23.4 Å². The van der Waals surface area contributed by atoms with Crippen LogP contribution in [0.25, 0.3) is 10.8 Å². The highest BCUT2D eigenvalue weighted by Gasteiger charge is 2.32. The number of carbonyl (C=O) groups is 2. The quantitative estimate of drug-likeness (QED) is 0.340. The molecule has 0 atom stereocenters. The van der Waals surface area contributed by atoms with Gasteiger partial charge in [0, 0.05) is 52.8 Å². The Balaban J connectivity index is 1.93. The van der Waals surface area contributed by atoms with E-state index in [1.165, 1.54) is 4.90 Å². The second-order valence-electron chi connectivity index (χ2n) is 7.67. The third kappa shape index (κ3) is 3.57. The van der Waals surface area contributed by atoms with Gasteiger partial charge in [0.2, 0.25) is 0 Å². The molecular formula is C20H26N3O2S+. The summed E-state index contributed by atoms with van der Waals surface area (Å²) in [4.78, 5) is 26.8. The number of quaternary nitrogens is 1. The van der Waals surface area contributed by atoms with E-state index in [1.807, 2.05) is 24.3 Å². The molecule has 0 aromatic heterocycles. The molecule has 138 valence electrons. The van der Waals surface area contributed by atoms with Crippen LogP contribution < -0.4 is 5.32 Å². The van der Waals surface area contributed by atoms with E-state index >= 15 is 0 Å². The average molecular weight is 373 g/mol. The smallest absolute Gasteiger partial charge is 0.261 e. The number of hydrogen-bond acceptors (Lipinski definition) is 4. The van der Waals surface area contributed by atoms with Crippen molar-refractivity contribution >= 4 is 40.9 Å². The van der Waals surface area contributed by atoms with Gasteiger partial charge in [0.05, 0.1) is 27.7 Å². The van der Waals surface area contributed by atoms with Gasteiger partial charge in [0.25, 0.3) is 11.8 Å². The monoisotopic (exact) mass is 372 g/mol. The lowest BCUT2D eigenvalue weighted by atomic mass is 9.93. The summed E-state index contributed by atoms with van der Waals surface area (Å²) in [6.07, 6.45) is 1.04. The third-order valence-electron chi connectivity index (χ3n) is 4.64. The van der Waals surface area contributed by atoms with Gasteiger partial charge in [-0.25, -0.2) is 0 Å². The van der Waals surface area contributed by atoms with Crippen LogP contribution in [-0.2, 0) is 0 Å². The summed E-state index contributed by atoms with van der Waals surface area (Å²) in [7, 11) is 6.53. The van der Waals surface area contributed by atoms with E-state index in [1.54, 1.807) is 6.07 Å². The first-order valence-corrected chi connectivity index (χ1v) is 9.54.